The van der Waals surface area contributed by atoms with E-state index in [0.29, 0.717) is 18.4 Å². The molecule has 0 saturated carbocycles. The Bertz CT molecular complexity index is 1640. The van der Waals surface area contributed by atoms with Crippen LogP contribution in [-0.4, -0.2) is 29.6 Å². The van der Waals surface area contributed by atoms with Gasteiger partial charge < -0.3 is 4.74 Å². The van der Waals surface area contributed by atoms with Crippen LogP contribution in [0, 0.1) is 11.8 Å². The van der Waals surface area contributed by atoms with E-state index in [-0.39, 0.29) is 0 Å². The van der Waals surface area contributed by atoms with Crippen LogP contribution in [-0.2, 0) is 11.3 Å². The first-order valence-electron chi connectivity index (χ1n) is 14.3. The molecule has 0 bridgehead atoms. The lowest BCUT2D eigenvalue weighted by Crippen LogP contribution is -2.39. The van der Waals surface area contributed by atoms with Crippen LogP contribution in [0.15, 0.2) is 123 Å². The van der Waals surface area contributed by atoms with Crippen molar-refractivity contribution in [3.05, 3.63) is 134 Å². The summed E-state index contributed by atoms with van der Waals surface area (Å²) in [5.41, 5.74) is 3.49. The van der Waals surface area contributed by atoms with Gasteiger partial charge in [-0.15, -0.1) is 6.58 Å². The van der Waals surface area contributed by atoms with Crippen LogP contribution < -0.4 is 0 Å². The zero-order valence-corrected chi connectivity index (χ0v) is 23.0. The molecule has 1 saturated heterocycles. The largest absolute Gasteiger partial charge is 0.489 e. The Morgan fingerprint density at radius 1 is 0.900 bits per heavy atom. The van der Waals surface area contributed by atoms with E-state index in [0.717, 1.165) is 54.7 Å². The van der Waals surface area contributed by atoms with E-state index in [9.17, 15) is 0 Å². The van der Waals surface area contributed by atoms with Gasteiger partial charge in [-0.1, -0.05) is 85.5 Å². The number of pyridine rings is 1. The Balaban J connectivity index is 1.23. The van der Waals surface area contributed by atoms with Gasteiger partial charge in [0.05, 0.1) is 5.52 Å². The maximum Gasteiger partial charge on any atom is 0.123 e. The molecule has 1 fully saturated rings. The third kappa shape index (κ3) is 5.30. The molecule has 2 atom stereocenters. The lowest BCUT2D eigenvalue weighted by atomic mass is 9.82. The van der Waals surface area contributed by atoms with Crippen LogP contribution >= 0.6 is 0 Å². The molecule has 0 radical (unpaired) electrons. The van der Waals surface area contributed by atoms with Crippen molar-refractivity contribution in [2.45, 2.75) is 19.4 Å². The second kappa shape index (κ2) is 11.9. The van der Waals surface area contributed by atoms with Gasteiger partial charge in [0.2, 0.25) is 0 Å². The average molecular weight is 525 g/mol. The van der Waals surface area contributed by atoms with Crippen molar-refractivity contribution in [3.8, 4) is 0 Å². The fourth-order valence-electron chi connectivity index (χ4n) is 6.27. The predicted molar refractivity (Wildman–Crippen MR) is 169 cm³/mol. The van der Waals surface area contributed by atoms with Crippen molar-refractivity contribution >= 4 is 38.2 Å². The minimum atomic E-state index is 0.418. The summed E-state index contributed by atoms with van der Waals surface area (Å²) < 4.78 is 6.21. The molecule has 3 nitrogen and oxygen atoms in total. The van der Waals surface area contributed by atoms with Gasteiger partial charge in [-0.25, -0.2) is 0 Å². The standard InChI is InChI=1S/C37H36N2O/c1-3-23-40-37(34-19-21-38-36-16-10-9-15-33(34)36)18-17-28-20-22-39(25-27(28)4-2)26-35-31-13-7-5-11-29(31)24-30-12-6-8-14-32(30)35/h3-16,18-19,21,24,27-28H,1-2,17,20,22-23,25-26H2/b37-18-. The third-order valence-electron chi connectivity index (χ3n) is 8.34. The van der Waals surface area contributed by atoms with Gasteiger partial charge >= 0.3 is 0 Å². The molecular formula is C37H36N2O. The number of allylic oxidation sites excluding steroid dienone is 1. The van der Waals surface area contributed by atoms with Gasteiger partial charge in [-0.05, 0) is 82.6 Å². The van der Waals surface area contributed by atoms with Crippen molar-refractivity contribution in [3.63, 3.8) is 0 Å². The molecule has 200 valence electrons. The molecule has 1 aliphatic rings. The number of likely N-dealkylation sites (tertiary alicyclic amines) is 1. The van der Waals surface area contributed by atoms with Crippen molar-refractivity contribution in [1.82, 2.24) is 9.88 Å². The maximum atomic E-state index is 6.21. The number of nitrogens with zero attached hydrogens (tertiary/aromatic N) is 2. The summed E-state index contributed by atoms with van der Waals surface area (Å²) in [5.74, 6) is 1.85. The number of fused-ring (bicyclic) bond motifs is 3. The number of hydrogen-bond donors (Lipinski definition) is 0. The highest BCUT2D eigenvalue weighted by Gasteiger charge is 2.27. The molecule has 0 spiro atoms. The first-order chi connectivity index (χ1) is 19.7. The van der Waals surface area contributed by atoms with Gasteiger partial charge in [-0.2, -0.15) is 0 Å². The topological polar surface area (TPSA) is 25.4 Å². The molecule has 3 heteroatoms. The number of hydrogen-bond acceptors (Lipinski definition) is 3. The number of rotatable bonds is 9. The molecule has 0 amide bonds. The zero-order valence-electron chi connectivity index (χ0n) is 23.0. The molecule has 1 aromatic heterocycles. The number of ether oxygens (including phenoxy) is 1. The van der Waals surface area contributed by atoms with E-state index in [1.54, 1.807) is 6.08 Å². The average Bonchev–Trinajstić information content (AvgIpc) is 3.01. The molecular weight excluding hydrogens is 488 g/mol. The second-order valence-corrected chi connectivity index (χ2v) is 10.8. The second-order valence-electron chi connectivity index (χ2n) is 10.8. The summed E-state index contributed by atoms with van der Waals surface area (Å²) >= 11 is 0. The SMILES string of the molecule is C=CCO/C(=C\CC1CCN(Cc2c3ccccc3cc3ccccc23)CC1C=C)c1ccnc2ccccc12. The highest BCUT2D eigenvalue weighted by Crippen LogP contribution is 2.34. The van der Waals surface area contributed by atoms with Gasteiger partial charge in [0, 0.05) is 30.2 Å². The Labute approximate surface area is 237 Å². The van der Waals surface area contributed by atoms with Crippen LogP contribution in [0.1, 0.15) is 24.0 Å². The Kier molecular flexibility index (Phi) is 7.74. The summed E-state index contributed by atoms with van der Waals surface area (Å²) in [4.78, 5) is 7.16. The first kappa shape index (κ1) is 26.0. The van der Waals surface area contributed by atoms with E-state index in [2.05, 4.69) is 108 Å². The van der Waals surface area contributed by atoms with Crippen LogP contribution in [0.3, 0.4) is 0 Å². The Morgan fingerprint density at radius 2 is 1.60 bits per heavy atom. The summed E-state index contributed by atoms with van der Waals surface area (Å²) in [6.45, 7) is 11.6. The first-order valence-corrected chi connectivity index (χ1v) is 14.3. The molecule has 5 aromatic rings. The quantitative estimate of drug-likeness (QED) is 0.109. The van der Waals surface area contributed by atoms with Crippen LogP contribution in [0.25, 0.3) is 38.2 Å². The van der Waals surface area contributed by atoms with Gasteiger partial charge in [0.15, 0.2) is 0 Å². The fraction of sp³-hybridized carbons (Fsp3) is 0.216. The normalized spacial score (nSPS) is 18.2. The monoisotopic (exact) mass is 524 g/mol. The molecule has 0 aliphatic carbocycles. The van der Waals surface area contributed by atoms with Crippen LogP contribution in [0.2, 0.25) is 0 Å². The lowest BCUT2D eigenvalue weighted by Gasteiger charge is -2.37. The summed E-state index contributed by atoms with van der Waals surface area (Å²) in [6.07, 6.45) is 10.2. The highest BCUT2D eigenvalue weighted by molar-refractivity contribution is 6.02. The molecule has 2 unspecified atom stereocenters. The van der Waals surface area contributed by atoms with E-state index in [4.69, 9.17) is 4.74 Å². The molecule has 40 heavy (non-hydrogen) atoms. The van der Waals surface area contributed by atoms with Crippen LogP contribution in [0.5, 0.6) is 0 Å². The third-order valence-corrected chi connectivity index (χ3v) is 8.34. The number of piperidine rings is 1. The summed E-state index contributed by atoms with van der Waals surface area (Å²) in [5, 5.41) is 6.45. The van der Waals surface area contributed by atoms with Crippen molar-refractivity contribution in [2.75, 3.05) is 19.7 Å². The van der Waals surface area contributed by atoms with E-state index in [1.165, 1.54) is 27.1 Å². The van der Waals surface area contributed by atoms with E-state index < -0.39 is 0 Å². The minimum absolute atomic E-state index is 0.418. The highest BCUT2D eigenvalue weighted by atomic mass is 16.5. The van der Waals surface area contributed by atoms with Gasteiger partial charge in [-0.3, -0.25) is 9.88 Å². The number of para-hydroxylation sites is 1. The maximum absolute atomic E-state index is 6.21. The zero-order chi connectivity index (χ0) is 27.3. The Morgan fingerprint density at radius 3 is 2.33 bits per heavy atom. The van der Waals surface area contributed by atoms with E-state index >= 15 is 0 Å². The van der Waals surface area contributed by atoms with Crippen molar-refractivity contribution < 1.29 is 4.74 Å². The van der Waals surface area contributed by atoms with E-state index in [1.807, 2.05) is 18.3 Å². The minimum Gasteiger partial charge on any atom is -0.489 e. The molecule has 6 rings (SSSR count). The smallest absolute Gasteiger partial charge is 0.123 e. The van der Waals surface area contributed by atoms with Crippen LogP contribution in [0.4, 0.5) is 0 Å². The molecule has 4 aromatic carbocycles. The van der Waals surface area contributed by atoms with Gasteiger partial charge in [0.1, 0.15) is 12.4 Å². The summed E-state index contributed by atoms with van der Waals surface area (Å²) in [7, 11) is 0. The fourth-order valence-corrected chi connectivity index (χ4v) is 6.27. The van der Waals surface area contributed by atoms with Crippen molar-refractivity contribution in [2.24, 2.45) is 11.8 Å². The molecule has 2 heterocycles. The predicted octanol–water partition coefficient (Wildman–Crippen LogP) is 8.80. The molecule has 1 aliphatic heterocycles. The van der Waals surface area contributed by atoms with Crippen molar-refractivity contribution in [1.29, 1.82) is 0 Å². The summed E-state index contributed by atoms with van der Waals surface area (Å²) in [6, 6.07) is 30.2. The van der Waals surface area contributed by atoms with Gasteiger partial charge in [0.25, 0.3) is 0 Å². The number of benzene rings is 4. The lowest BCUT2D eigenvalue weighted by molar-refractivity contribution is 0.140. The number of aromatic nitrogens is 1. The Hall–Kier alpha value is -4.21. The molecule has 0 N–H and O–H groups in total.